The molecule has 0 atom stereocenters. The molecule has 10 aromatic rings. The summed E-state index contributed by atoms with van der Waals surface area (Å²) in [5, 5.41) is 0. The van der Waals surface area contributed by atoms with Gasteiger partial charge in [0.15, 0.2) is 0 Å². The van der Waals surface area contributed by atoms with Crippen molar-refractivity contribution >= 4 is 17.1 Å². The highest BCUT2D eigenvalue weighted by molar-refractivity contribution is 6.01. The van der Waals surface area contributed by atoms with Crippen LogP contribution in [0.25, 0.3) is 66.8 Å². The number of hydrogen-bond donors (Lipinski definition) is 0. The molecule has 0 N–H and O–H groups in total. The van der Waals surface area contributed by atoms with Crippen molar-refractivity contribution in [2.24, 2.45) is 0 Å². The summed E-state index contributed by atoms with van der Waals surface area (Å²) in [7, 11) is 0. The van der Waals surface area contributed by atoms with Crippen LogP contribution in [0.5, 0.6) is 0 Å². The Morgan fingerprint density at radius 1 is 0.262 bits per heavy atom. The molecule has 0 aromatic heterocycles. The highest BCUT2D eigenvalue weighted by atomic mass is 15.1. The monoisotopic (exact) mass is 827 g/mol. The van der Waals surface area contributed by atoms with Gasteiger partial charge < -0.3 is 4.90 Å². The van der Waals surface area contributed by atoms with Crippen molar-refractivity contribution in [3.63, 3.8) is 0 Å². The first kappa shape index (κ1) is 37.5. The molecule has 0 heterocycles. The molecule has 3 aliphatic rings. The van der Waals surface area contributed by atoms with Gasteiger partial charge in [-0.25, -0.2) is 0 Å². The summed E-state index contributed by atoms with van der Waals surface area (Å²) in [6.45, 7) is 4.72. The Bertz CT molecular complexity index is 3440. The maximum absolute atomic E-state index is 2.49. The van der Waals surface area contributed by atoms with E-state index in [1.807, 2.05) is 0 Å². The van der Waals surface area contributed by atoms with Crippen LogP contribution in [-0.4, -0.2) is 0 Å². The topological polar surface area (TPSA) is 3.24 Å². The zero-order valence-electron chi connectivity index (χ0n) is 36.5. The van der Waals surface area contributed by atoms with Crippen LogP contribution in [0, 0.1) is 0 Å². The Kier molecular flexibility index (Phi) is 8.24. The van der Waals surface area contributed by atoms with Crippen LogP contribution in [0.4, 0.5) is 17.1 Å². The molecule has 0 bridgehead atoms. The summed E-state index contributed by atoms with van der Waals surface area (Å²) in [6.07, 6.45) is 0. The van der Waals surface area contributed by atoms with E-state index >= 15 is 0 Å². The van der Waals surface area contributed by atoms with Gasteiger partial charge in [0.05, 0.1) is 11.1 Å². The van der Waals surface area contributed by atoms with Crippen molar-refractivity contribution < 1.29 is 0 Å². The normalized spacial score (nSPS) is 13.9. The molecule has 1 nitrogen and oxygen atoms in total. The Labute approximate surface area is 381 Å². The quantitative estimate of drug-likeness (QED) is 0.161. The van der Waals surface area contributed by atoms with Gasteiger partial charge in [-0.2, -0.15) is 0 Å². The summed E-state index contributed by atoms with van der Waals surface area (Å²) < 4.78 is 0. The zero-order valence-corrected chi connectivity index (χ0v) is 36.5. The molecule has 0 saturated heterocycles. The fourth-order valence-corrected chi connectivity index (χ4v) is 11.8. The number of fused-ring (bicyclic) bond motifs is 13. The summed E-state index contributed by atoms with van der Waals surface area (Å²) in [4.78, 5) is 2.49. The Morgan fingerprint density at radius 3 is 1.23 bits per heavy atom. The Morgan fingerprint density at radius 2 is 0.646 bits per heavy atom. The summed E-state index contributed by atoms with van der Waals surface area (Å²) >= 11 is 0. The molecule has 0 unspecified atom stereocenters. The van der Waals surface area contributed by atoms with Crippen molar-refractivity contribution in [1.29, 1.82) is 0 Å². The van der Waals surface area contributed by atoms with Crippen molar-refractivity contribution in [2.45, 2.75) is 24.7 Å². The van der Waals surface area contributed by atoms with Gasteiger partial charge in [0, 0.05) is 22.4 Å². The van der Waals surface area contributed by atoms with Gasteiger partial charge in [-0.15, -0.1) is 0 Å². The van der Waals surface area contributed by atoms with Crippen LogP contribution in [-0.2, 0) is 10.8 Å². The lowest BCUT2D eigenvalue weighted by Crippen LogP contribution is -2.26. The molecule has 0 radical (unpaired) electrons. The summed E-state index contributed by atoms with van der Waals surface area (Å²) in [5.74, 6) is 0. The van der Waals surface area contributed by atoms with Gasteiger partial charge >= 0.3 is 0 Å². The minimum absolute atomic E-state index is 0.0591. The van der Waals surface area contributed by atoms with E-state index < -0.39 is 5.41 Å². The number of nitrogens with zero attached hydrogens (tertiary/aromatic N) is 1. The third kappa shape index (κ3) is 5.39. The van der Waals surface area contributed by atoms with E-state index in [-0.39, 0.29) is 5.41 Å². The van der Waals surface area contributed by atoms with Gasteiger partial charge in [0.25, 0.3) is 0 Å². The average Bonchev–Trinajstić information content (AvgIpc) is 3.94. The highest BCUT2D eigenvalue weighted by Gasteiger charge is 2.52. The molecule has 1 spiro atoms. The van der Waals surface area contributed by atoms with Crippen LogP contribution in [0.3, 0.4) is 0 Å². The lowest BCUT2D eigenvalue weighted by molar-refractivity contribution is 0.660. The summed E-state index contributed by atoms with van der Waals surface area (Å²) in [5.41, 5.74) is 26.2. The van der Waals surface area contributed by atoms with E-state index in [0.717, 1.165) is 17.1 Å². The number of rotatable bonds is 6. The van der Waals surface area contributed by atoms with E-state index in [1.165, 1.54) is 100 Å². The molecule has 3 aliphatic carbocycles. The lowest BCUT2D eigenvalue weighted by atomic mass is 9.70. The molecule has 65 heavy (non-hydrogen) atoms. The maximum Gasteiger partial charge on any atom is 0.0726 e. The Balaban J connectivity index is 0.986. The zero-order chi connectivity index (χ0) is 43.3. The third-order valence-corrected chi connectivity index (χ3v) is 14.7. The van der Waals surface area contributed by atoms with Crippen LogP contribution in [0.15, 0.2) is 237 Å². The molecular weight excluding hydrogens is 783 g/mol. The highest BCUT2D eigenvalue weighted by Crippen LogP contribution is 2.64. The standard InChI is InChI=1S/C64H45N/c1-63(2)54-23-10-8-20-52(54)61-49(22-14-27-58(61)63)46-36-40-48(41-37-46)65(47-38-34-45(35-39-47)44-32-30-43(31-33-44)42-16-4-3-5-17-42)60-29-15-28-59-62(60)53-21-9-13-26-57(53)64(59)55-24-11-6-18-50(55)51-19-7-12-25-56(51)64/h3-41H,1-2H3. The first-order valence-electron chi connectivity index (χ1n) is 22.8. The molecule has 10 aromatic carbocycles. The van der Waals surface area contributed by atoms with Crippen molar-refractivity contribution in [1.82, 2.24) is 0 Å². The van der Waals surface area contributed by atoms with Gasteiger partial charge in [-0.3, -0.25) is 0 Å². The second-order valence-electron chi connectivity index (χ2n) is 18.4. The third-order valence-electron chi connectivity index (χ3n) is 14.7. The molecule has 0 amide bonds. The van der Waals surface area contributed by atoms with E-state index in [0.29, 0.717) is 0 Å². The van der Waals surface area contributed by atoms with E-state index in [2.05, 4.69) is 255 Å². The van der Waals surface area contributed by atoms with Gasteiger partial charge in [0.2, 0.25) is 0 Å². The number of benzene rings is 10. The maximum atomic E-state index is 2.49. The predicted molar refractivity (Wildman–Crippen MR) is 271 cm³/mol. The van der Waals surface area contributed by atoms with Crippen LogP contribution >= 0.6 is 0 Å². The minimum Gasteiger partial charge on any atom is -0.310 e. The van der Waals surface area contributed by atoms with Crippen molar-refractivity contribution in [3.8, 4) is 66.8 Å². The SMILES string of the molecule is CC1(C)c2ccccc2-c2c(-c3ccc(N(c4ccc(-c5ccc(-c6ccccc6)cc5)cc4)c4cccc5c4-c4ccccc4C54c5ccccc5-c5ccccc54)cc3)cccc21. The van der Waals surface area contributed by atoms with E-state index in [9.17, 15) is 0 Å². The van der Waals surface area contributed by atoms with Crippen molar-refractivity contribution in [3.05, 3.63) is 270 Å². The number of anilines is 3. The molecule has 306 valence electrons. The Hall–Kier alpha value is -8.00. The molecule has 1 heteroatoms. The predicted octanol–water partition coefficient (Wildman–Crippen LogP) is 16.8. The molecule has 0 saturated carbocycles. The summed E-state index contributed by atoms with van der Waals surface area (Å²) in [6, 6.07) is 88.1. The van der Waals surface area contributed by atoms with Crippen LogP contribution < -0.4 is 4.90 Å². The molecule has 13 rings (SSSR count). The van der Waals surface area contributed by atoms with Gasteiger partial charge in [-0.05, 0) is 125 Å². The largest absolute Gasteiger partial charge is 0.310 e. The van der Waals surface area contributed by atoms with Crippen LogP contribution in [0.1, 0.15) is 47.2 Å². The minimum atomic E-state index is -0.432. The fourth-order valence-electron chi connectivity index (χ4n) is 11.8. The number of hydrogen-bond acceptors (Lipinski definition) is 1. The molecule has 0 aliphatic heterocycles. The van der Waals surface area contributed by atoms with Gasteiger partial charge in [-0.1, -0.05) is 220 Å². The smallest absolute Gasteiger partial charge is 0.0726 e. The van der Waals surface area contributed by atoms with Crippen molar-refractivity contribution in [2.75, 3.05) is 4.90 Å². The molecular formula is C64H45N. The second kappa shape index (κ2) is 14.3. The second-order valence-corrected chi connectivity index (χ2v) is 18.4. The lowest BCUT2D eigenvalue weighted by Gasteiger charge is -2.32. The van der Waals surface area contributed by atoms with E-state index in [1.54, 1.807) is 0 Å². The van der Waals surface area contributed by atoms with E-state index in [4.69, 9.17) is 0 Å². The molecule has 0 fully saturated rings. The van der Waals surface area contributed by atoms with Crippen LogP contribution in [0.2, 0.25) is 0 Å². The fraction of sp³-hybridized carbons (Fsp3) is 0.0625. The first-order valence-corrected chi connectivity index (χ1v) is 22.8. The van der Waals surface area contributed by atoms with Gasteiger partial charge in [0.1, 0.15) is 0 Å². The average molecular weight is 828 g/mol. The first-order chi connectivity index (χ1) is 32.0.